The summed E-state index contributed by atoms with van der Waals surface area (Å²) in [5.74, 6) is 2.08. The maximum atomic E-state index is 12.6. The molecule has 24 heavy (non-hydrogen) atoms. The van der Waals surface area contributed by atoms with Gasteiger partial charge >= 0.3 is 0 Å². The van der Waals surface area contributed by atoms with Crippen LogP contribution in [0.1, 0.15) is 47.8 Å². The fourth-order valence-corrected chi connectivity index (χ4v) is 3.25. The first kappa shape index (κ1) is 15.2. The van der Waals surface area contributed by atoms with E-state index in [0.29, 0.717) is 17.5 Å². The van der Waals surface area contributed by atoms with Gasteiger partial charge in [-0.05, 0) is 49.8 Å². The van der Waals surface area contributed by atoms with Crippen molar-refractivity contribution < 1.29 is 9.53 Å². The van der Waals surface area contributed by atoms with E-state index in [1.165, 1.54) is 12.8 Å². The van der Waals surface area contributed by atoms with Crippen molar-refractivity contribution in [3.63, 3.8) is 0 Å². The van der Waals surface area contributed by atoms with Gasteiger partial charge in [0.25, 0.3) is 5.91 Å². The Hall–Kier alpha value is -2.30. The highest BCUT2D eigenvalue weighted by atomic mass is 16.5. The minimum Gasteiger partial charge on any atom is -0.493 e. The number of nitrogens with one attached hydrogen (secondary N) is 1. The maximum Gasteiger partial charge on any atom is 0.274 e. The third-order valence-electron chi connectivity index (χ3n) is 4.96. The summed E-state index contributed by atoms with van der Waals surface area (Å²) in [6.45, 7) is 2.29. The van der Waals surface area contributed by atoms with Gasteiger partial charge in [-0.15, -0.1) is 0 Å². The first-order valence-electron chi connectivity index (χ1n) is 8.82. The number of carbonyl (C=O) groups excluding carboxylic acids is 1. The van der Waals surface area contributed by atoms with Gasteiger partial charge in [-0.1, -0.05) is 18.2 Å². The number of benzene rings is 1. The fourth-order valence-electron chi connectivity index (χ4n) is 3.25. The molecule has 1 amide bonds. The maximum absolute atomic E-state index is 12.6. The van der Waals surface area contributed by atoms with Gasteiger partial charge in [-0.2, -0.15) is 5.10 Å². The Morgan fingerprint density at radius 1 is 1.17 bits per heavy atom. The van der Waals surface area contributed by atoms with E-state index in [1.807, 2.05) is 41.3 Å². The molecule has 1 aromatic carbocycles. The molecule has 1 saturated carbocycles. The summed E-state index contributed by atoms with van der Waals surface area (Å²) >= 11 is 0. The number of H-pyrrole nitrogens is 1. The van der Waals surface area contributed by atoms with E-state index < -0.39 is 0 Å². The average Bonchev–Trinajstić information content (AvgIpc) is 3.38. The highest BCUT2D eigenvalue weighted by Crippen LogP contribution is 2.39. The predicted octanol–water partition coefficient (Wildman–Crippen LogP) is 3.22. The summed E-state index contributed by atoms with van der Waals surface area (Å²) in [5.41, 5.74) is 1.68. The molecule has 0 bridgehead atoms. The molecular formula is C19H23N3O2. The second kappa shape index (κ2) is 6.67. The second-order valence-electron chi connectivity index (χ2n) is 6.84. The number of aromatic amines is 1. The monoisotopic (exact) mass is 325 g/mol. The first-order chi connectivity index (χ1) is 11.8. The lowest BCUT2D eigenvalue weighted by Crippen LogP contribution is -2.39. The van der Waals surface area contributed by atoms with Crippen molar-refractivity contribution in [2.75, 3.05) is 19.7 Å². The molecule has 2 fully saturated rings. The van der Waals surface area contributed by atoms with E-state index in [4.69, 9.17) is 4.74 Å². The lowest BCUT2D eigenvalue weighted by molar-refractivity contribution is 0.0655. The van der Waals surface area contributed by atoms with Crippen molar-refractivity contribution in [1.29, 1.82) is 0 Å². The van der Waals surface area contributed by atoms with Crippen LogP contribution in [0.5, 0.6) is 5.75 Å². The number of para-hydroxylation sites is 1. The normalized spacial score (nSPS) is 18.6. The van der Waals surface area contributed by atoms with Gasteiger partial charge in [0, 0.05) is 24.7 Å². The Morgan fingerprint density at radius 3 is 2.62 bits per heavy atom. The fraction of sp³-hybridized carbons (Fsp3) is 0.474. The van der Waals surface area contributed by atoms with Crippen molar-refractivity contribution in [3.8, 4) is 5.75 Å². The van der Waals surface area contributed by atoms with E-state index in [9.17, 15) is 4.79 Å². The number of hydrogen-bond acceptors (Lipinski definition) is 3. The number of piperidine rings is 1. The highest BCUT2D eigenvalue weighted by molar-refractivity contribution is 5.92. The van der Waals surface area contributed by atoms with Crippen molar-refractivity contribution in [1.82, 2.24) is 15.1 Å². The number of amides is 1. The number of hydrogen-bond donors (Lipinski definition) is 1. The molecule has 1 saturated heterocycles. The van der Waals surface area contributed by atoms with Gasteiger partial charge in [0.1, 0.15) is 11.4 Å². The van der Waals surface area contributed by atoms with Gasteiger partial charge in [-0.25, -0.2) is 0 Å². The Bertz CT molecular complexity index is 686. The summed E-state index contributed by atoms with van der Waals surface area (Å²) in [7, 11) is 0. The number of rotatable bonds is 5. The molecule has 1 aromatic heterocycles. The summed E-state index contributed by atoms with van der Waals surface area (Å²) in [6, 6.07) is 11.8. The van der Waals surface area contributed by atoms with Gasteiger partial charge in [0.2, 0.25) is 0 Å². The predicted molar refractivity (Wildman–Crippen MR) is 91.1 cm³/mol. The average molecular weight is 325 g/mol. The third-order valence-corrected chi connectivity index (χ3v) is 4.96. The van der Waals surface area contributed by atoms with E-state index in [1.54, 1.807) is 0 Å². The molecule has 5 nitrogen and oxygen atoms in total. The number of carbonyl (C=O) groups is 1. The van der Waals surface area contributed by atoms with E-state index in [-0.39, 0.29) is 5.91 Å². The summed E-state index contributed by atoms with van der Waals surface area (Å²) in [4.78, 5) is 14.5. The van der Waals surface area contributed by atoms with E-state index in [2.05, 4.69) is 10.2 Å². The Balaban J connectivity index is 1.26. The first-order valence-corrected chi connectivity index (χ1v) is 8.82. The number of aromatic nitrogens is 2. The SMILES string of the molecule is O=C(c1cc(C2CC2)[nH]n1)N1CCC(COc2ccccc2)CC1. The van der Waals surface area contributed by atoms with E-state index in [0.717, 1.165) is 44.0 Å². The largest absolute Gasteiger partial charge is 0.493 e. The van der Waals surface area contributed by atoms with Crippen LogP contribution in [0.25, 0.3) is 0 Å². The zero-order valence-corrected chi connectivity index (χ0v) is 13.8. The summed E-state index contributed by atoms with van der Waals surface area (Å²) < 4.78 is 5.84. The quantitative estimate of drug-likeness (QED) is 0.918. The molecule has 0 radical (unpaired) electrons. The molecule has 2 heterocycles. The molecule has 2 aliphatic rings. The minimum absolute atomic E-state index is 0.0561. The van der Waals surface area contributed by atoms with Gasteiger partial charge in [-0.3, -0.25) is 9.89 Å². The molecule has 4 rings (SSSR count). The molecule has 2 aromatic rings. The number of nitrogens with zero attached hydrogens (tertiary/aromatic N) is 2. The lowest BCUT2D eigenvalue weighted by atomic mass is 9.97. The molecular weight excluding hydrogens is 302 g/mol. The molecule has 126 valence electrons. The van der Waals surface area contributed by atoms with Crippen LogP contribution >= 0.6 is 0 Å². The van der Waals surface area contributed by atoms with Crippen LogP contribution in [0.15, 0.2) is 36.4 Å². The molecule has 1 aliphatic carbocycles. The van der Waals surface area contributed by atoms with E-state index >= 15 is 0 Å². The standard InChI is InChI=1S/C19H23N3O2/c23-19(18-12-17(20-21-18)15-6-7-15)22-10-8-14(9-11-22)13-24-16-4-2-1-3-5-16/h1-5,12,14-15H,6-11,13H2,(H,20,21). The van der Waals surface area contributed by atoms with Crippen molar-refractivity contribution >= 4 is 5.91 Å². The molecule has 0 spiro atoms. The molecule has 0 unspecified atom stereocenters. The van der Waals surface area contributed by atoms with Gasteiger partial charge in [0.05, 0.1) is 6.61 Å². The zero-order valence-electron chi connectivity index (χ0n) is 13.8. The summed E-state index contributed by atoms with van der Waals surface area (Å²) in [5, 5.41) is 7.22. The molecule has 1 N–H and O–H groups in total. The Kier molecular flexibility index (Phi) is 4.24. The molecule has 5 heteroatoms. The van der Waals surface area contributed by atoms with Crippen molar-refractivity contribution in [2.24, 2.45) is 5.92 Å². The van der Waals surface area contributed by atoms with Crippen molar-refractivity contribution in [3.05, 3.63) is 47.8 Å². The minimum atomic E-state index is 0.0561. The van der Waals surface area contributed by atoms with Gasteiger partial charge < -0.3 is 9.64 Å². The van der Waals surface area contributed by atoms with Crippen LogP contribution in [0.4, 0.5) is 0 Å². The number of ether oxygens (including phenoxy) is 1. The van der Waals surface area contributed by atoms with Crippen LogP contribution in [-0.2, 0) is 0 Å². The van der Waals surface area contributed by atoms with Crippen LogP contribution in [0.3, 0.4) is 0 Å². The summed E-state index contributed by atoms with van der Waals surface area (Å²) in [6.07, 6.45) is 4.39. The topological polar surface area (TPSA) is 58.2 Å². The van der Waals surface area contributed by atoms with Crippen LogP contribution < -0.4 is 4.74 Å². The van der Waals surface area contributed by atoms with Crippen LogP contribution in [-0.4, -0.2) is 40.7 Å². The highest BCUT2D eigenvalue weighted by Gasteiger charge is 2.29. The zero-order chi connectivity index (χ0) is 16.4. The van der Waals surface area contributed by atoms with Crippen molar-refractivity contribution in [2.45, 2.75) is 31.6 Å². The Morgan fingerprint density at radius 2 is 1.92 bits per heavy atom. The third kappa shape index (κ3) is 3.45. The number of likely N-dealkylation sites (tertiary alicyclic amines) is 1. The second-order valence-corrected chi connectivity index (χ2v) is 6.84. The van der Waals surface area contributed by atoms with Crippen LogP contribution in [0.2, 0.25) is 0 Å². The smallest absolute Gasteiger partial charge is 0.274 e. The molecule has 1 aliphatic heterocycles. The van der Waals surface area contributed by atoms with Crippen LogP contribution in [0, 0.1) is 5.92 Å². The lowest BCUT2D eigenvalue weighted by Gasteiger charge is -2.31. The van der Waals surface area contributed by atoms with Gasteiger partial charge in [0.15, 0.2) is 0 Å². The molecule has 0 atom stereocenters. The Labute approximate surface area is 142 Å².